The van der Waals surface area contributed by atoms with Gasteiger partial charge in [0.2, 0.25) is 5.91 Å². The molecule has 0 aliphatic rings. The molecule has 1 amide bonds. The third-order valence-corrected chi connectivity index (χ3v) is 5.71. The van der Waals surface area contributed by atoms with Crippen molar-refractivity contribution in [1.29, 1.82) is 0 Å². The standard InChI is InChI=1S/C22H17Cl2NO2S/c23-19-11-6-16(13-20(19)24)21(26)14-28-18-9-7-17(8-10-18)25-22(27)12-15-4-2-1-3-5-15/h1-11,13H,12,14H2,(H,25,27). The zero-order chi connectivity index (χ0) is 19.9. The molecular weight excluding hydrogens is 413 g/mol. The van der Waals surface area contributed by atoms with Crippen LogP contribution in [0.1, 0.15) is 15.9 Å². The molecule has 3 nitrogen and oxygen atoms in total. The number of nitrogens with one attached hydrogen (secondary N) is 1. The molecule has 3 aromatic rings. The Labute approximate surface area is 178 Å². The number of halogens is 2. The van der Waals surface area contributed by atoms with Gasteiger partial charge in [0, 0.05) is 16.1 Å². The molecule has 0 fully saturated rings. The Morgan fingerprint density at radius 2 is 1.57 bits per heavy atom. The molecule has 0 unspecified atom stereocenters. The Balaban J connectivity index is 1.52. The Bertz CT molecular complexity index is 976. The summed E-state index contributed by atoms with van der Waals surface area (Å²) in [5.74, 6) is 0.197. The van der Waals surface area contributed by atoms with Crippen LogP contribution in [0, 0.1) is 0 Å². The van der Waals surface area contributed by atoms with E-state index in [0.29, 0.717) is 22.0 Å². The number of hydrogen-bond donors (Lipinski definition) is 1. The summed E-state index contributed by atoms with van der Waals surface area (Å²) in [4.78, 5) is 25.3. The van der Waals surface area contributed by atoms with Crippen molar-refractivity contribution in [1.82, 2.24) is 0 Å². The Morgan fingerprint density at radius 3 is 2.25 bits per heavy atom. The van der Waals surface area contributed by atoms with Crippen molar-refractivity contribution in [3.8, 4) is 0 Å². The van der Waals surface area contributed by atoms with Gasteiger partial charge in [-0.3, -0.25) is 9.59 Å². The van der Waals surface area contributed by atoms with E-state index in [1.165, 1.54) is 11.8 Å². The molecule has 0 radical (unpaired) electrons. The van der Waals surface area contributed by atoms with Gasteiger partial charge in [0.15, 0.2) is 5.78 Å². The van der Waals surface area contributed by atoms with Gasteiger partial charge >= 0.3 is 0 Å². The minimum Gasteiger partial charge on any atom is -0.326 e. The average molecular weight is 430 g/mol. The van der Waals surface area contributed by atoms with Gasteiger partial charge in [-0.05, 0) is 48.0 Å². The first kappa shape index (κ1) is 20.5. The SMILES string of the molecule is O=C(Cc1ccccc1)Nc1ccc(SCC(=O)c2ccc(Cl)c(Cl)c2)cc1. The van der Waals surface area contributed by atoms with Crippen LogP contribution in [0.5, 0.6) is 0 Å². The first-order chi connectivity index (χ1) is 13.5. The number of benzene rings is 3. The highest BCUT2D eigenvalue weighted by Crippen LogP contribution is 2.25. The summed E-state index contributed by atoms with van der Waals surface area (Å²) < 4.78 is 0. The number of rotatable bonds is 7. The monoisotopic (exact) mass is 429 g/mol. The number of thioether (sulfide) groups is 1. The van der Waals surface area contributed by atoms with E-state index in [4.69, 9.17) is 23.2 Å². The van der Waals surface area contributed by atoms with Gasteiger partial charge in [0.05, 0.1) is 22.2 Å². The molecule has 1 N–H and O–H groups in total. The molecule has 0 heterocycles. The number of ketones is 1. The highest BCUT2D eigenvalue weighted by molar-refractivity contribution is 8.00. The third-order valence-electron chi connectivity index (χ3n) is 3.96. The summed E-state index contributed by atoms with van der Waals surface area (Å²) in [6, 6.07) is 21.9. The lowest BCUT2D eigenvalue weighted by Gasteiger charge is -2.07. The molecule has 0 saturated carbocycles. The Hall–Kier alpha value is -2.27. The van der Waals surface area contributed by atoms with Gasteiger partial charge in [0.25, 0.3) is 0 Å². The summed E-state index contributed by atoms with van der Waals surface area (Å²) in [7, 11) is 0. The first-order valence-electron chi connectivity index (χ1n) is 8.56. The molecule has 0 aromatic heterocycles. The zero-order valence-corrected chi connectivity index (χ0v) is 17.2. The fraction of sp³-hybridized carbons (Fsp3) is 0.0909. The predicted molar refractivity (Wildman–Crippen MR) is 117 cm³/mol. The normalized spacial score (nSPS) is 10.5. The molecule has 0 aliphatic carbocycles. The number of Topliss-reactive ketones (excluding diaryl/α,β-unsaturated/α-hetero) is 1. The van der Waals surface area contributed by atoms with Crippen molar-refractivity contribution in [3.63, 3.8) is 0 Å². The van der Waals surface area contributed by atoms with Crippen molar-refractivity contribution in [2.75, 3.05) is 11.1 Å². The van der Waals surface area contributed by atoms with Crippen LogP contribution in [-0.2, 0) is 11.2 Å². The largest absolute Gasteiger partial charge is 0.326 e. The minimum absolute atomic E-state index is 0.0243. The molecule has 0 bridgehead atoms. The fourth-order valence-electron chi connectivity index (χ4n) is 2.52. The summed E-state index contributed by atoms with van der Waals surface area (Å²) in [6.45, 7) is 0. The average Bonchev–Trinajstić information content (AvgIpc) is 2.70. The highest BCUT2D eigenvalue weighted by Gasteiger charge is 2.09. The second-order valence-electron chi connectivity index (χ2n) is 6.08. The van der Waals surface area contributed by atoms with Crippen LogP contribution in [0.15, 0.2) is 77.7 Å². The predicted octanol–water partition coefficient (Wildman–Crippen LogP) is 6.15. The van der Waals surface area contributed by atoms with Crippen LogP contribution in [0.2, 0.25) is 10.0 Å². The van der Waals surface area contributed by atoms with E-state index in [0.717, 1.165) is 16.1 Å². The maximum absolute atomic E-state index is 12.3. The summed E-state index contributed by atoms with van der Waals surface area (Å²) in [5.41, 5.74) is 2.22. The van der Waals surface area contributed by atoms with Crippen molar-refractivity contribution in [2.45, 2.75) is 11.3 Å². The number of hydrogen-bond acceptors (Lipinski definition) is 3. The molecule has 0 spiro atoms. The number of carbonyl (C=O) groups excluding carboxylic acids is 2. The maximum Gasteiger partial charge on any atom is 0.228 e. The van der Waals surface area contributed by atoms with Gasteiger partial charge in [0.1, 0.15) is 0 Å². The van der Waals surface area contributed by atoms with Crippen LogP contribution >= 0.6 is 35.0 Å². The lowest BCUT2D eigenvalue weighted by Crippen LogP contribution is -2.14. The lowest BCUT2D eigenvalue weighted by atomic mass is 10.1. The molecule has 0 aliphatic heterocycles. The molecule has 3 rings (SSSR count). The molecule has 0 atom stereocenters. The van der Waals surface area contributed by atoms with E-state index in [2.05, 4.69) is 5.32 Å². The number of anilines is 1. The van der Waals surface area contributed by atoms with Gasteiger partial charge in [-0.25, -0.2) is 0 Å². The lowest BCUT2D eigenvalue weighted by molar-refractivity contribution is -0.115. The molecular formula is C22H17Cl2NO2S. The number of carbonyl (C=O) groups is 2. The summed E-state index contributed by atoms with van der Waals surface area (Å²) in [6.07, 6.45) is 0.329. The smallest absolute Gasteiger partial charge is 0.228 e. The van der Waals surface area contributed by atoms with E-state index < -0.39 is 0 Å². The van der Waals surface area contributed by atoms with Crippen LogP contribution in [0.3, 0.4) is 0 Å². The van der Waals surface area contributed by atoms with E-state index >= 15 is 0 Å². The van der Waals surface area contributed by atoms with Gasteiger partial charge in [-0.1, -0.05) is 53.5 Å². The van der Waals surface area contributed by atoms with Crippen molar-refractivity contribution in [3.05, 3.63) is 94.0 Å². The Kier molecular flexibility index (Phi) is 7.15. The van der Waals surface area contributed by atoms with Crippen LogP contribution in [-0.4, -0.2) is 17.4 Å². The van der Waals surface area contributed by atoms with Crippen LogP contribution in [0.4, 0.5) is 5.69 Å². The molecule has 28 heavy (non-hydrogen) atoms. The number of amides is 1. The quantitative estimate of drug-likeness (QED) is 0.361. The first-order valence-corrected chi connectivity index (χ1v) is 10.3. The van der Waals surface area contributed by atoms with Crippen molar-refractivity contribution >= 4 is 52.3 Å². The molecule has 6 heteroatoms. The molecule has 142 valence electrons. The van der Waals surface area contributed by atoms with Crippen LogP contribution in [0.25, 0.3) is 0 Å². The molecule has 3 aromatic carbocycles. The summed E-state index contributed by atoms with van der Waals surface area (Å²) in [5, 5.41) is 3.67. The highest BCUT2D eigenvalue weighted by atomic mass is 35.5. The van der Waals surface area contributed by atoms with E-state index in [1.807, 2.05) is 54.6 Å². The minimum atomic E-state index is -0.0682. The summed E-state index contributed by atoms with van der Waals surface area (Å²) >= 11 is 13.3. The molecule has 0 saturated heterocycles. The van der Waals surface area contributed by atoms with E-state index in [9.17, 15) is 9.59 Å². The third kappa shape index (κ3) is 5.86. The van der Waals surface area contributed by atoms with Gasteiger partial charge in [-0.2, -0.15) is 0 Å². The van der Waals surface area contributed by atoms with E-state index in [1.54, 1.807) is 18.2 Å². The van der Waals surface area contributed by atoms with Crippen molar-refractivity contribution in [2.24, 2.45) is 0 Å². The van der Waals surface area contributed by atoms with E-state index in [-0.39, 0.29) is 17.4 Å². The maximum atomic E-state index is 12.3. The van der Waals surface area contributed by atoms with Gasteiger partial charge < -0.3 is 5.32 Å². The second kappa shape index (κ2) is 9.78. The fourth-order valence-corrected chi connectivity index (χ4v) is 3.61. The zero-order valence-electron chi connectivity index (χ0n) is 14.8. The second-order valence-corrected chi connectivity index (χ2v) is 7.94. The topological polar surface area (TPSA) is 46.2 Å². The van der Waals surface area contributed by atoms with Gasteiger partial charge in [-0.15, -0.1) is 11.8 Å². The van der Waals surface area contributed by atoms with Crippen molar-refractivity contribution < 1.29 is 9.59 Å². The Morgan fingerprint density at radius 1 is 0.857 bits per heavy atom. The van der Waals surface area contributed by atoms with Crippen LogP contribution < -0.4 is 5.32 Å².